The lowest BCUT2D eigenvalue weighted by atomic mass is 9.92. The molecule has 0 unspecified atom stereocenters. The average Bonchev–Trinajstić information content (AvgIpc) is 3.75. The second-order valence-corrected chi connectivity index (χ2v) is 18.8. The Morgan fingerprint density at radius 2 is 0.746 bits per heavy atom. The maximum absolute atomic E-state index is 12.5. The van der Waals surface area contributed by atoms with E-state index in [1.807, 2.05) is 0 Å². The summed E-state index contributed by atoms with van der Waals surface area (Å²) in [5.74, 6) is 1.10. The summed E-state index contributed by atoms with van der Waals surface area (Å²) in [6.07, 6.45) is 46.2. The van der Waals surface area contributed by atoms with E-state index in [-0.39, 0.29) is 11.9 Å². The van der Waals surface area contributed by atoms with E-state index in [2.05, 4.69) is 32.6 Å². The highest BCUT2D eigenvalue weighted by molar-refractivity contribution is 5.70. The van der Waals surface area contributed by atoms with Gasteiger partial charge in [-0.3, -0.25) is 9.59 Å². The summed E-state index contributed by atoms with van der Waals surface area (Å²) in [5, 5.41) is 0. The summed E-state index contributed by atoms with van der Waals surface area (Å²) >= 11 is 0. The van der Waals surface area contributed by atoms with Gasteiger partial charge in [-0.15, -0.1) is 0 Å². The first-order valence-electron chi connectivity index (χ1n) is 26.7. The number of hydrogen-bond donors (Lipinski definition) is 0. The Bertz CT molecular complexity index is 813. The zero-order valence-electron chi connectivity index (χ0n) is 40.3. The molecule has 1 saturated heterocycles. The molecule has 0 aromatic rings. The predicted molar refractivity (Wildman–Crippen MR) is 253 cm³/mol. The molecule has 350 valence electrons. The number of carbonyl (C=O) groups is 2. The zero-order valence-corrected chi connectivity index (χ0v) is 40.3. The smallest absolute Gasteiger partial charge is 0.306 e. The number of likely N-dealkylation sites (tertiary alicyclic amines) is 1. The molecular formula is C53H103NO5. The quantitative estimate of drug-likeness (QED) is 0.0450. The molecule has 6 nitrogen and oxygen atoms in total. The number of esters is 2. The minimum atomic E-state index is 0.0343. The average molecular weight is 834 g/mol. The van der Waals surface area contributed by atoms with Gasteiger partial charge in [0.1, 0.15) is 0 Å². The molecule has 0 N–H and O–H groups in total. The first kappa shape index (κ1) is 55.9. The molecule has 1 aliphatic rings. The monoisotopic (exact) mass is 834 g/mol. The molecule has 0 atom stereocenters. The molecule has 0 aromatic heterocycles. The third kappa shape index (κ3) is 37.2. The molecule has 1 aliphatic heterocycles. The second kappa shape index (κ2) is 43.5. The van der Waals surface area contributed by atoms with Gasteiger partial charge in [0.15, 0.2) is 0 Å². The maximum atomic E-state index is 12.5. The van der Waals surface area contributed by atoms with E-state index in [1.54, 1.807) is 0 Å². The molecule has 1 heterocycles. The maximum Gasteiger partial charge on any atom is 0.306 e. The fourth-order valence-corrected chi connectivity index (χ4v) is 9.11. The molecule has 0 amide bonds. The van der Waals surface area contributed by atoms with E-state index in [0.29, 0.717) is 44.0 Å². The molecule has 1 rings (SSSR count). The Balaban J connectivity index is 2.20. The van der Waals surface area contributed by atoms with Crippen molar-refractivity contribution in [3.05, 3.63) is 0 Å². The highest BCUT2D eigenvalue weighted by atomic mass is 16.5. The molecule has 6 heteroatoms. The van der Waals surface area contributed by atoms with Crippen LogP contribution in [0.25, 0.3) is 0 Å². The summed E-state index contributed by atoms with van der Waals surface area (Å²) < 4.78 is 17.9. The molecular weight excluding hydrogens is 731 g/mol. The van der Waals surface area contributed by atoms with Crippen molar-refractivity contribution in [1.82, 2.24) is 4.90 Å². The van der Waals surface area contributed by atoms with Crippen LogP contribution in [0.1, 0.15) is 272 Å². The van der Waals surface area contributed by atoms with E-state index in [0.717, 1.165) is 19.4 Å². The van der Waals surface area contributed by atoms with Crippen molar-refractivity contribution in [3.8, 4) is 0 Å². The van der Waals surface area contributed by atoms with Crippen LogP contribution in [0.4, 0.5) is 0 Å². The van der Waals surface area contributed by atoms with E-state index in [9.17, 15) is 9.59 Å². The third-order valence-corrected chi connectivity index (χ3v) is 13.1. The molecule has 0 aromatic carbocycles. The van der Waals surface area contributed by atoms with Crippen molar-refractivity contribution in [1.29, 1.82) is 0 Å². The molecule has 0 spiro atoms. The third-order valence-electron chi connectivity index (χ3n) is 13.1. The minimum absolute atomic E-state index is 0.0343. The standard InChI is InChI=1S/C53H103NO5/c1-5-9-23-35-49(36-24-10-6-2)47-52(55)58-45-32-21-17-13-15-19-27-39-51(57-44-34-31-43-54-41-29-30-42-54)40-28-20-16-14-18-22-33-46-59-53(56)48-50(37-25-11-7-3)38-26-12-8-4/h49-51H,5-48H2,1-4H3. The predicted octanol–water partition coefficient (Wildman–Crippen LogP) is 15.9. The highest BCUT2D eigenvalue weighted by Gasteiger charge is 2.17. The number of hydrogen-bond acceptors (Lipinski definition) is 6. The van der Waals surface area contributed by atoms with Crippen LogP contribution < -0.4 is 0 Å². The Kier molecular flexibility index (Phi) is 41.2. The number of ether oxygens (including phenoxy) is 3. The second-order valence-electron chi connectivity index (χ2n) is 18.8. The van der Waals surface area contributed by atoms with Crippen LogP contribution in [-0.4, -0.2) is 62.4 Å². The van der Waals surface area contributed by atoms with Gasteiger partial charge in [0.25, 0.3) is 0 Å². The summed E-state index contributed by atoms with van der Waals surface area (Å²) in [6, 6.07) is 0. The van der Waals surface area contributed by atoms with Crippen LogP contribution in [0.15, 0.2) is 0 Å². The van der Waals surface area contributed by atoms with Crippen LogP contribution in [0.5, 0.6) is 0 Å². The van der Waals surface area contributed by atoms with Gasteiger partial charge >= 0.3 is 11.9 Å². The summed E-state index contributed by atoms with van der Waals surface area (Å²) in [5.41, 5.74) is 0. The molecule has 1 fully saturated rings. The molecule has 0 radical (unpaired) electrons. The van der Waals surface area contributed by atoms with Gasteiger partial charge in [0.2, 0.25) is 0 Å². The summed E-state index contributed by atoms with van der Waals surface area (Å²) in [7, 11) is 0. The lowest BCUT2D eigenvalue weighted by molar-refractivity contribution is -0.146. The van der Waals surface area contributed by atoms with Gasteiger partial charge < -0.3 is 19.1 Å². The zero-order chi connectivity index (χ0) is 42.7. The summed E-state index contributed by atoms with van der Waals surface area (Å²) in [6.45, 7) is 15.0. The van der Waals surface area contributed by atoms with Gasteiger partial charge in [0.05, 0.1) is 19.3 Å². The van der Waals surface area contributed by atoms with Crippen molar-refractivity contribution in [2.45, 2.75) is 278 Å². The van der Waals surface area contributed by atoms with Crippen molar-refractivity contribution in [3.63, 3.8) is 0 Å². The molecule has 0 aliphatic carbocycles. The van der Waals surface area contributed by atoms with E-state index >= 15 is 0 Å². The van der Waals surface area contributed by atoms with Crippen molar-refractivity contribution < 1.29 is 23.8 Å². The first-order valence-corrected chi connectivity index (χ1v) is 26.7. The minimum Gasteiger partial charge on any atom is -0.466 e. The largest absolute Gasteiger partial charge is 0.466 e. The molecule has 0 saturated carbocycles. The van der Waals surface area contributed by atoms with Crippen LogP contribution in [0, 0.1) is 11.8 Å². The SMILES string of the molecule is CCCCCC(CCCCC)CC(=O)OCCCCCCCCCC(CCCCCCCCCOC(=O)CC(CCCCC)CCCCC)OCCCCN1CCCC1. The normalized spacial score (nSPS) is 13.4. The van der Waals surface area contributed by atoms with Crippen LogP contribution in [-0.2, 0) is 23.8 Å². The van der Waals surface area contributed by atoms with Gasteiger partial charge in [0, 0.05) is 19.4 Å². The van der Waals surface area contributed by atoms with E-state index < -0.39 is 0 Å². The Hall–Kier alpha value is -1.14. The van der Waals surface area contributed by atoms with Crippen molar-refractivity contribution >= 4 is 11.9 Å². The van der Waals surface area contributed by atoms with Gasteiger partial charge in [-0.2, -0.15) is 0 Å². The van der Waals surface area contributed by atoms with Crippen LogP contribution in [0.3, 0.4) is 0 Å². The van der Waals surface area contributed by atoms with Gasteiger partial charge in [-0.1, -0.05) is 182 Å². The fourth-order valence-electron chi connectivity index (χ4n) is 9.11. The first-order chi connectivity index (χ1) is 29.0. The van der Waals surface area contributed by atoms with Gasteiger partial charge in [-0.05, 0) is 109 Å². The number of carbonyl (C=O) groups excluding carboxylic acids is 2. The van der Waals surface area contributed by atoms with Crippen LogP contribution >= 0.6 is 0 Å². The lowest BCUT2D eigenvalue weighted by Gasteiger charge is -2.19. The Morgan fingerprint density at radius 3 is 1.14 bits per heavy atom. The number of nitrogens with zero attached hydrogens (tertiary/aromatic N) is 1. The lowest BCUT2D eigenvalue weighted by Crippen LogP contribution is -2.21. The number of rotatable bonds is 46. The van der Waals surface area contributed by atoms with E-state index in [1.165, 1.54) is 238 Å². The van der Waals surface area contributed by atoms with Crippen molar-refractivity contribution in [2.24, 2.45) is 11.8 Å². The van der Waals surface area contributed by atoms with Crippen LogP contribution in [0.2, 0.25) is 0 Å². The highest BCUT2D eigenvalue weighted by Crippen LogP contribution is 2.24. The summed E-state index contributed by atoms with van der Waals surface area (Å²) in [4.78, 5) is 27.7. The molecule has 0 bridgehead atoms. The molecule has 59 heavy (non-hydrogen) atoms. The van der Waals surface area contributed by atoms with Crippen molar-refractivity contribution in [2.75, 3.05) is 39.5 Å². The van der Waals surface area contributed by atoms with E-state index in [4.69, 9.17) is 14.2 Å². The Morgan fingerprint density at radius 1 is 0.407 bits per heavy atom. The Labute approximate surface area is 368 Å². The fraction of sp³-hybridized carbons (Fsp3) is 0.962. The number of unbranched alkanes of at least 4 members (excludes halogenated alkanes) is 21. The topological polar surface area (TPSA) is 65.1 Å². The van der Waals surface area contributed by atoms with Gasteiger partial charge in [-0.25, -0.2) is 0 Å².